The molecular formula is C20H26ClN3O2. The molecule has 5 nitrogen and oxygen atoms in total. The fraction of sp³-hybridized carbons (Fsp3) is 0.400. The van der Waals surface area contributed by atoms with Gasteiger partial charge in [-0.2, -0.15) is 0 Å². The Labute approximate surface area is 159 Å². The molecule has 0 atom stereocenters. The minimum Gasteiger partial charge on any atom is -0.439 e. The number of amides is 1. The minimum atomic E-state index is -0.521. The van der Waals surface area contributed by atoms with Gasteiger partial charge in [0.25, 0.3) is 0 Å². The maximum Gasteiger partial charge on any atom is 0.250 e. The number of rotatable bonds is 8. The average molecular weight is 376 g/mol. The van der Waals surface area contributed by atoms with E-state index in [0.717, 1.165) is 31.5 Å². The van der Waals surface area contributed by atoms with Crippen LogP contribution in [-0.4, -0.2) is 24.0 Å². The highest BCUT2D eigenvalue weighted by Gasteiger charge is 2.09. The molecule has 0 saturated heterocycles. The molecule has 0 aliphatic rings. The average Bonchev–Trinajstić information content (AvgIpc) is 2.56. The van der Waals surface area contributed by atoms with Crippen molar-refractivity contribution in [3.8, 4) is 11.6 Å². The van der Waals surface area contributed by atoms with Crippen LogP contribution < -0.4 is 15.8 Å². The van der Waals surface area contributed by atoms with E-state index in [-0.39, 0.29) is 0 Å². The predicted molar refractivity (Wildman–Crippen MR) is 105 cm³/mol. The van der Waals surface area contributed by atoms with E-state index in [1.165, 1.54) is 6.20 Å². The summed E-state index contributed by atoms with van der Waals surface area (Å²) in [6.07, 6.45) is 3.38. The lowest BCUT2D eigenvalue weighted by atomic mass is 9.92. The maximum absolute atomic E-state index is 11.0. The molecular weight excluding hydrogens is 350 g/mol. The first kappa shape index (κ1) is 20.2. The Morgan fingerprint density at radius 2 is 2.00 bits per heavy atom. The molecule has 0 fully saturated rings. The van der Waals surface area contributed by atoms with Crippen molar-refractivity contribution in [3.63, 3.8) is 0 Å². The van der Waals surface area contributed by atoms with Crippen LogP contribution in [0, 0.1) is 5.41 Å². The lowest BCUT2D eigenvalue weighted by Gasteiger charge is -2.18. The third kappa shape index (κ3) is 6.65. The van der Waals surface area contributed by atoms with E-state index in [0.29, 0.717) is 27.6 Å². The van der Waals surface area contributed by atoms with Gasteiger partial charge in [-0.25, -0.2) is 4.98 Å². The van der Waals surface area contributed by atoms with Gasteiger partial charge in [0, 0.05) is 17.3 Å². The molecule has 1 heterocycles. The van der Waals surface area contributed by atoms with Crippen molar-refractivity contribution in [1.29, 1.82) is 0 Å². The van der Waals surface area contributed by atoms with E-state index in [9.17, 15) is 4.79 Å². The van der Waals surface area contributed by atoms with Gasteiger partial charge in [-0.05, 0) is 55.1 Å². The van der Waals surface area contributed by atoms with Crippen LogP contribution >= 0.6 is 11.6 Å². The Kier molecular flexibility index (Phi) is 7.00. The normalized spacial score (nSPS) is 11.4. The zero-order valence-electron chi connectivity index (χ0n) is 15.5. The molecule has 3 N–H and O–H groups in total. The van der Waals surface area contributed by atoms with Crippen LogP contribution in [0.4, 0.5) is 0 Å². The number of aromatic nitrogens is 1. The van der Waals surface area contributed by atoms with Gasteiger partial charge in [0.2, 0.25) is 11.8 Å². The zero-order valence-corrected chi connectivity index (χ0v) is 16.3. The monoisotopic (exact) mass is 375 g/mol. The number of primary amides is 1. The van der Waals surface area contributed by atoms with Gasteiger partial charge in [-0.1, -0.05) is 38.4 Å². The first-order chi connectivity index (χ1) is 12.2. The highest BCUT2D eigenvalue weighted by molar-refractivity contribution is 6.31. The Morgan fingerprint density at radius 3 is 2.58 bits per heavy atom. The number of nitrogens with two attached hydrogens (primary N) is 1. The van der Waals surface area contributed by atoms with Crippen LogP contribution in [0.2, 0.25) is 5.02 Å². The quantitative estimate of drug-likeness (QED) is 0.678. The number of benzene rings is 1. The van der Waals surface area contributed by atoms with Gasteiger partial charge in [-0.15, -0.1) is 0 Å². The number of halogens is 1. The van der Waals surface area contributed by atoms with Crippen LogP contribution in [0.5, 0.6) is 11.6 Å². The summed E-state index contributed by atoms with van der Waals surface area (Å²) in [6, 6.07) is 8.77. The summed E-state index contributed by atoms with van der Waals surface area (Å²) in [5.74, 6) is 0.453. The molecule has 1 aromatic heterocycles. The van der Waals surface area contributed by atoms with Gasteiger partial charge >= 0.3 is 0 Å². The van der Waals surface area contributed by atoms with Gasteiger partial charge < -0.3 is 15.8 Å². The SMILES string of the molecule is CC(C)(C)CCNCCc1ccc(Oc2ccc(C(N)=O)cn2)cc1Cl. The second kappa shape index (κ2) is 9.01. The molecule has 2 rings (SSSR count). The summed E-state index contributed by atoms with van der Waals surface area (Å²) in [6.45, 7) is 8.59. The third-order valence-corrected chi connectivity index (χ3v) is 4.24. The molecule has 1 aromatic carbocycles. The van der Waals surface area contributed by atoms with Crippen LogP contribution in [0.15, 0.2) is 36.5 Å². The van der Waals surface area contributed by atoms with Crippen LogP contribution in [0.25, 0.3) is 0 Å². The number of pyridine rings is 1. The van der Waals surface area contributed by atoms with E-state index >= 15 is 0 Å². The summed E-state index contributed by atoms with van der Waals surface area (Å²) in [5, 5.41) is 4.11. The van der Waals surface area contributed by atoms with Crippen molar-refractivity contribution in [2.24, 2.45) is 11.1 Å². The largest absolute Gasteiger partial charge is 0.439 e. The van der Waals surface area contributed by atoms with Crippen LogP contribution in [0.1, 0.15) is 43.1 Å². The number of hydrogen-bond acceptors (Lipinski definition) is 4. The van der Waals surface area contributed by atoms with E-state index in [1.54, 1.807) is 18.2 Å². The Hall–Kier alpha value is -2.11. The smallest absolute Gasteiger partial charge is 0.250 e. The molecule has 0 radical (unpaired) electrons. The molecule has 0 bridgehead atoms. The second-order valence-corrected chi connectivity index (χ2v) is 7.82. The fourth-order valence-corrected chi connectivity index (χ4v) is 2.58. The second-order valence-electron chi connectivity index (χ2n) is 7.42. The molecule has 0 spiro atoms. The topological polar surface area (TPSA) is 77.2 Å². The van der Waals surface area contributed by atoms with E-state index in [4.69, 9.17) is 22.1 Å². The minimum absolute atomic E-state index is 0.338. The van der Waals surface area contributed by atoms with Crippen molar-refractivity contribution < 1.29 is 9.53 Å². The summed E-state index contributed by atoms with van der Waals surface area (Å²) in [7, 11) is 0. The number of carbonyl (C=O) groups is 1. The van der Waals surface area contributed by atoms with E-state index in [1.807, 2.05) is 12.1 Å². The first-order valence-corrected chi connectivity index (χ1v) is 9.05. The highest BCUT2D eigenvalue weighted by atomic mass is 35.5. The lowest BCUT2D eigenvalue weighted by Crippen LogP contribution is -2.22. The van der Waals surface area contributed by atoms with Crippen molar-refractivity contribution in [3.05, 3.63) is 52.7 Å². The number of nitrogens with zero attached hydrogens (tertiary/aromatic N) is 1. The Bertz CT molecular complexity index is 740. The van der Waals surface area contributed by atoms with Crippen molar-refractivity contribution in [2.75, 3.05) is 13.1 Å². The van der Waals surface area contributed by atoms with Crippen LogP contribution in [-0.2, 0) is 6.42 Å². The molecule has 2 aromatic rings. The lowest BCUT2D eigenvalue weighted by molar-refractivity contribution is 0.1000. The van der Waals surface area contributed by atoms with Gasteiger partial charge in [-0.3, -0.25) is 4.79 Å². The predicted octanol–water partition coefficient (Wildman–Crippen LogP) is 4.19. The number of nitrogens with one attached hydrogen (secondary N) is 1. The molecule has 0 saturated carbocycles. The van der Waals surface area contributed by atoms with Gasteiger partial charge in [0.05, 0.1) is 5.56 Å². The Morgan fingerprint density at radius 1 is 1.23 bits per heavy atom. The van der Waals surface area contributed by atoms with Crippen molar-refractivity contribution >= 4 is 17.5 Å². The van der Waals surface area contributed by atoms with E-state index in [2.05, 4.69) is 31.1 Å². The molecule has 1 amide bonds. The third-order valence-electron chi connectivity index (χ3n) is 3.89. The first-order valence-electron chi connectivity index (χ1n) is 8.67. The molecule has 26 heavy (non-hydrogen) atoms. The highest BCUT2D eigenvalue weighted by Crippen LogP contribution is 2.26. The summed E-state index contributed by atoms with van der Waals surface area (Å²) >= 11 is 6.36. The molecule has 140 valence electrons. The van der Waals surface area contributed by atoms with Gasteiger partial charge in [0.15, 0.2) is 0 Å². The molecule has 0 aliphatic heterocycles. The molecule has 0 unspecified atom stereocenters. The zero-order chi connectivity index (χ0) is 19.2. The fourth-order valence-electron chi connectivity index (χ4n) is 2.31. The Balaban J connectivity index is 1.87. The number of ether oxygens (including phenoxy) is 1. The van der Waals surface area contributed by atoms with E-state index < -0.39 is 5.91 Å². The standard InChI is InChI=1S/C20H26ClN3O2/c1-20(2,3)9-11-23-10-8-14-4-6-16(12-17(14)21)26-18-7-5-15(13-24-18)19(22)25/h4-7,12-13,23H,8-11H2,1-3H3,(H2,22,25). The maximum atomic E-state index is 11.0. The van der Waals surface area contributed by atoms with Crippen LogP contribution in [0.3, 0.4) is 0 Å². The number of carbonyl (C=O) groups excluding carboxylic acids is 1. The summed E-state index contributed by atoms with van der Waals surface area (Å²) in [4.78, 5) is 15.1. The van der Waals surface area contributed by atoms with Gasteiger partial charge in [0.1, 0.15) is 5.75 Å². The number of hydrogen-bond donors (Lipinski definition) is 2. The molecule has 0 aliphatic carbocycles. The summed E-state index contributed by atoms with van der Waals surface area (Å²) < 4.78 is 5.67. The van der Waals surface area contributed by atoms with Crippen molar-refractivity contribution in [1.82, 2.24) is 10.3 Å². The van der Waals surface area contributed by atoms with Crippen molar-refractivity contribution in [2.45, 2.75) is 33.6 Å². The molecule has 6 heteroatoms. The summed E-state index contributed by atoms with van der Waals surface area (Å²) in [5.41, 5.74) is 6.94.